The van der Waals surface area contributed by atoms with Crippen LogP contribution in [0.2, 0.25) is 0 Å². The number of pyridine rings is 1. The van der Waals surface area contributed by atoms with E-state index in [1.165, 1.54) is 19.2 Å². The van der Waals surface area contributed by atoms with E-state index in [0.29, 0.717) is 5.56 Å². The van der Waals surface area contributed by atoms with Gasteiger partial charge in [-0.2, -0.15) is 0 Å². The van der Waals surface area contributed by atoms with Crippen LogP contribution in [0.25, 0.3) is 11.3 Å². The lowest BCUT2D eigenvalue weighted by molar-refractivity contribution is -0.187. The number of amides is 4. The van der Waals surface area contributed by atoms with Crippen molar-refractivity contribution in [2.45, 2.75) is 119 Å². The number of rotatable bonds is 21. The smallest absolute Gasteiger partial charge is 0.453 e. The van der Waals surface area contributed by atoms with Gasteiger partial charge in [-0.3, -0.25) is 29.7 Å². The number of carbonyl (C=O) groups excluding carboxylic acids is 6. The molecule has 4 amide bonds. The molecule has 0 spiro atoms. The zero-order chi connectivity index (χ0) is 50.9. The van der Waals surface area contributed by atoms with E-state index in [1.54, 1.807) is 80.6 Å². The average Bonchev–Trinajstić information content (AvgIpc) is 3.26. The van der Waals surface area contributed by atoms with Crippen LogP contribution in [0.3, 0.4) is 0 Å². The molecule has 18 nitrogen and oxygen atoms in total. The average molecular weight is 948 g/mol. The summed E-state index contributed by atoms with van der Waals surface area (Å²) in [6.07, 6.45) is -3.84. The highest BCUT2D eigenvalue weighted by Gasteiger charge is 2.40. The molecule has 0 aliphatic carbocycles. The van der Waals surface area contributed by atoms with Crippen LogP contribution in [0.1, 0.15) is 80.4 Å². The highest BCUT2D eigenvalue weighted by Crippen LogP contribution is 2.24. The second-order valence-electron chi connectivity index (χ2n) is 19.7. The van der Waals surface area contributed by atoms with E-state index < -0.39 is 89.4 Å². The van der Waals surface area contributed by atoms with Crippen molar-refractivity contribution in [1.29, 1.82) is 0 Å². The Kier molecular flexibility index (Phi) is 21.2. The first-order valence-electron chi connectivity index (χ1n) is 22.7. The standard InChI is InChI=1S/C50H73N7O11/c1-31(2)39(56(11)12)44(60)67-45(32(3)4)68-48(63)66-38(37(28-33-20-16-15-17-21-33)52-42(58)40(49(5,6)7)53-46(61)64-13)30-57(55-43(59)41(50(8,9)10)54-47(62)65-14)29-34-23-25-35(26-24-34)36-22-18-19-27-51-36/h15-27,31-32,37-41,45H,28-30H2,1-14H3,(H,52,58)(H,53,61)(H,54,62)(H,55,59)/t37-,38-,39-,40+,41+,45?/m0/s1. The van der Waals surface area contributed by atoms with Gasteiger partial charge >= 0.3 is 24.3 Å². The number of ether oxygens (including phenoxy) is 5. The number of hydrogen-bond acceptors (Lipinski definition) is 14. The highest BCUT2D eigenvalue weighted by molar-refractivity contribution is 5.87. The largest absolute Gasteiger partial charge is 0.511 e. The minimum Gasteiger partial charge on any atom is -0.453 e. The van der Waals surface area contributed by atoms with Crippen molar-refractivity contribution < 1.29 is 52.5 Å². The first kappa shape index (κ1) is 56.1. The number of hydrazine groups is 1. The van der Waals surface area contributed by atoms with Gasteiger partial charge in [0.25, 0.3) is 12.2 Å². The Morgan fingerprint density at radius 2 is 1.21 bits per heavy atom. The molecule has 0 aliphatic heterocycles. The van der Waals surface area contributed by atoms with Crippen molar-refractivity contribution in [2.75, 3.05) is 34.9 Å². The molecule has 3 aromatic rings. The third-order valence-electron chi connectivity index (χ3n) is 10.8. The van der Waals surface area contributed by atoms with Crippen molar-refractivity contribution in [1.82, 2.24) is 36.3 Å². The first-order valence-corrected chi connectivity index (χ1v) is 22.7. The topological polar surface area (TPSA) is 216 Å². The van der Waals surface area contributed by atoms with Crippen LogP contribution >= 0.6 is 0 Å². The predicted octanol–water partition coefficient (Wildman–Crippen LogP) is 6.48. The molecule has 1 heterocycles. The van der Waals surface area contributed by atoms with Crippen LogP contribution in [-0.4, -0.2) is 122 Å². The number of aromatic nitrogens is 1. The lowest BCUT2D eigenvalue weighted by Crippen LogP contribution is -2.61. The lowest BCUT2D eigenvalue weighted by Gasteiger charge is -2.37. The second kappa shape index (κ2) is 25.7. The summed E-state index contributed by atoms with van der Waals surface area (Å²) in [4.78, 5) is 87.9. The fraction of sp³-hybridized carbons (Fsp3) is 0.540. The van der Waals surface area contributed by atoms with Gasteiger partial charge in [-0.15, -0.1) is 0 Å². The number of likely N-dealkylation sites (N-methyl/N-ethyl adjacent to an activating group) is 1. The summed E-state index contributed by atoms with van der Waals surface area (Å²) in [6, 6.07) is 18.2. The molecule has 3 rings (SSSR count). The van der Waals surface area contributed by atoms with Gasteiger partial charge in [-0.1, -0.05) is 130 Å². The third-order valence-corrected chi connectivity index (χ3v) is 10.8. The monoisotopic (exact) mass is 948 g/mol. The van der Waals surface area contributed by atoms with E-state index in [1.807, 2.05) is 86.6 Å². The highest BCUT2D eigenvalue weighted by atomic mass is 16.8. The normalized spacial score (nSPS) is 14.4. The Balaban J connectivity index is 2.23. The van der Waals surface area contributed by atoms with E-state index in [4.69, 9.17) is 23.7 Å². The minimum absolute atomic E-state index is 0.0199. The predicted molar refractivity (Wildman–Crippen MR) is 256 cm³/mol. The van der Waals surface area contributed by atoms with Crippen molar-refractivity contribution in [3.05, 3.63) is 90.1 Å². The number of hydrogen-bond donors (Lipinski definition) is 4. The maximum atomic E-state index is 14.5. The molecule has 0 fully saturated rings. The molecule has 0 radical (unpaired) electrons. The Morgan fingerprint density at radius 1 is 0.647 bits per heavy atom. The number of carbonyl (C=O) groups is 6. The van der Waals surface area contributed by atoms with Crippen LogP contribution in [0.4, 0.5) is 14.4 Å². The Labute approximate surface area is 401 Å². The van der Waals surface area contributed by atoms with Crippen molar-refractivity contribution in [2.24, 2.45) is 22.7 Å². The zero-order valence-corrected chi connectivity index (χ0v) is 42.1. The van der Waals surface area contributed by atoms with E-state index in [0.717, 1.165) is 16.8 Å². The van der Waals surface area contributed by atoms with E-state index in [2.05, 4.69) is 26.4 Å². The van der Waals surface area contributed by atoms with Crippen LogP contribution in [0.15, 0.2) is 79.0 Å². The molecule has 1 aromatic heterocycles. The fourth-order valence-corrected chi connectivity index (χ4v) is 7.29. The second-order valence-corrected chi connectivity index (χ2v) is 19.7. The summed E-state index contributed by atoms with van der Waals surface area (Å²) in [5, 5.41) is 9.79. The molecule has 4 N–H and O–H groups in total. The van der Waals surface area contributed by atoms with Crippen molar-refractivity contribution in [3.8, 4) is 11.3 Å². The molecule has 0 aliphatic rings. The van der Waals surface area contributed by atoms with Gasteiger partial charge in [0.15, 0.2) is 0 Å². The Hall–Kier alpha value is -6.27. The summed E-state index contributed by atoms with van der Waals surface area (Å²) >= 11 is 0. The third kappa shape index (κ3) is 17.8. The molecule has 6 atom stereocenters. The molecule has 68 heavy (non-hydrogen) atoms. The van der Waals surface area contributed by atoms with Gasteiger partial charge in [0.05, 0.1) is 32.5 Å². The number of nitrogens with zero attached hydrogens (tertiary/aromatic N) is 3. The van der Waals surface area contributed by atoms with E-state index in [-0.39, 0.29) is 25.4 Å². The Morgan fingerprint density at radius 3 is 1.69 bits per heavy atom. The number of nitrogens with one attached hydrogen (secondary N) is 4. The SMILES string of the molecule is COC(=O)N[C@H](C(=O)N[C@@H](Cc1ccccc1)[C@H](CN(Cc1ccc(-c2ccccn2)cc1)NC(=O)[C@@H](NC(=O)OC)C(C)(C)C)OC(=O)OC(OC(=O)[C@H](C(C)C)N(C)C)C(C)C)C(C)(C)C. The van der Waals surface area contributed by atoms with E-state index >= 15 is 0 Å². The van der Waals surface area contributed by atoms with Crippen molar-refractivity contribution in [3.63, 3.8) is 0 Å². The summed E-state index contributed by atoms with van der Waals surface area (Å²) in [6.45, 7) is 17.5. The summed E-state index contributed by atoms with van der Waals surface area (Å²) in [5.74, 6) is -2.51. The fourth-order valence-electron chi connectivity index (χ4n) is 7.29. The van der Waals surface area contributed by atoms with Gasteiger partial charge in [-0.05, 0) is 60.5 Å². The molecular weight excluding hydrogens is 875 g/mol. The summed E-state index contributed by atoms with van der Waals surface area (Å²) < 4.78 is 27.5. The lowest BCUT2D eigenvalue weighted by atomic mass is 9.85. The molecule has 2 aromatic carbocycles. The summed E-state index contributed by atoms with van der Waals surface area (Å²) in [5.41, 5.74) is 4.32. The number of methoxy groups -OCH3 is 2. The molecule has 18 heteroatoms. The van der Waals surface area contributed by atoms with Crippen LogP contribution in [-0.2, 0) is 51.0 Å². The van der Waals surface area contributed by atoms with Gasteiger partial charge < -0.3 is 39.6 Å². The van der Waals surface area contributed by atoms with Gasteiger partial charge in [-0.25, -0.2) is 19.4 Å². The van der Waals surface area contributed by atoms with Crippen LogP contribution < -0.4 is 21.4 Å². The first-order chi connectivity index (χ1) is 31.8. The quantitative estimate of drug-likeness (QED) is 0.0389. The maximum Gasteiger partial charge on any atom is 0.511 e. The van der Waals surface area contributed by atoms with E-state index in [9.17, 15) is 28.8 Å². The van der Waals surface area contributed by atoms with Gasteiger partial charge in [0.1, 0.15) is 24.2 Å². The minimum atomic E-state index is -1.38. The van der Waals surface area contributed by atoms with Gasteiger partial charge in [0.2, 0.25) is 5.91 Å². The number of benzene rings is 2. The number of esters is 1. The molecular formula is C50H73N7O11. The maximum absolute atomic E-state index is 14.5. The van der Waals surface area contributed by atoms with Crippen LogP contribution in [0.5, 0.6) is 0 Å². The molecule has 374 valence electrons. The van der Waals surface area contributed by atoms with Gasteiger partial charge in [0, 0.05) is 24.2 Å². The number of alkyl carbamates (subject to hydrolysis) is 2. The van der Waals surface area contributed by atoms with Crippen molar-refractivity contribution >= 4 is 36.1 Å². The molecule has 1 unspecified atom stereocenters. The Bertz CT molecular complexity index is 2080. The molecule has 0 saturated carbocycles. The van der Waals surface area contributed by atoms with Crippen LogP contribution in [0, 0.1) is 22.7 Å². The molecule has 0 saturated heterocycles. The zero-order valence-electron chi connectivity index (χ0n) is 42.1. The summed E-state index contributed by atoms with van der Waals surface area (Å²) in [7, 11) is 5.87. The molecule has 0 bridgehead atoms.